The Kier molecular flexibility index (Phi) is 4.17. The Hall–Kier alpha value is -3.39. The Morgan fingerprint density at radius 2 is 1.46 bits per heavy atom. The van der Waals surface area contributed by atoms with Crippen LogP contribution in [0.4, 0.5) is 17.1 Å². The third-order valence-corrected chi connectivity index (χ3v) is 5.61. The van der Waals surface area contributed by atoms with Crippen LogP contribution >= 0.6 is 0 Å². The van der Waals surface area contributed by atoms with Gasteiger partial charge in [-0.1, -0.05) is 72.8 Å². The summed E-state index contributed by atoms with van der Waals surface area (Å²) in [6.45, 7) is 0. The monoisotopic (exact) mass is 362 g/mol. The van der Waals surface area contributed by atoms with Gasteiger partial charge >= 0.3 is 0 Å². The summed E-state index contributed by atoms with van der Waals surface area (Å²) in [5, 5.41) is 0. The van der Waals surface area contributed by atoms with Crippen molar-refractivity contribution in [3.05, 3.63) is 115 Å². The number of hydrogen-bond acceptors (Lipinski definition) is 2. The maximum absolute atomic E-state index is 5.08. The molecule has 1 spiro atoms. The Morgan fingerprint density at radius 3 is 2.29 bits per heavy atom. The Balaban J connectivity index is 1.73. The molecule has 5 rings (SSSR count). The molecule has 1 heterocycles. The van der Waals surface area contributed by atoms with Crippen LogP contribution in [0.3, 0.4) is 0 Å². The van der Waals surface area contributed by atoms with Gasteiger partial charge in [-0.2, -0.15) is 0 Å². The molecule has 0 fully saturated rings. The van der Waals surface area contributed by atoms with Crippen molar-refractivity contribution < 1.29 is 0 Å². The van der Waals surface area contributed by atoms with Crippen LogP contribution in [-0.4, -0.2) is 11.3 Å². The third kappa shape index (κ3) is 2.78. The van der Waals surface area contributed by atoms with Gasteiger partial charge in [0, 0.05) is 11.4 Å². The van der Waals surface area contributed by atoms with E-state index in [0.29, 0.717) is 0 Å². The summed E-state index contributed by atoms with van der Waals surface area (Å²) in [5.41, 5.74) is 5.62. The van der Waals surface area contributed by atoms with Crippen LogP contribution in [0, 0.1) is 0 Å². The van der Waals surface area contributed by atoms with E-state index < -0.39 is 0 Å². The molecule has 0 N–H and O–H groups in total. The number of hydrogen-bond donors (Lipinski definition) is 0. The van der Waals surface area contributed by atoms with Gasteiger partial charge in [-0.25, -0.2) is 0 Å². The second-order valence-electron chi connectivity index (χ2n) is 7.27. The van der Waals surface area contributed by atoms with Gasteiger partial charge < -0.3 is 4.90 Å². The zero-order chi connectivity index (χ0) is 18.8. The van der Waals surface area contributed by atoms with Crippen molar-refractivity contribution in [1.82, 2.24) is 0 Å². The van der Waals surface area contributed by atoms with Gasteiger partial charge in [0.1, 0.15) is 5.54 Å². The fraction of sp³-hybridized carbons (Fsp3) is 0.115. The molecule has 2 heteroatoms. The number of para-hydroxylation sites is 3. The van der Waals surface area contributed by atoms with E-state index in [1.807, 2.05) is 18.2 Å². The van der Waals surface area contributed by atoms with E-state index in [0.717, 1.165) is 24.2 Å². The van der Waals surface area contributed by atoms with Crippen LogP contribution in [-0.2, 0) is 6.42 Å². The van der Waals surface area contributed by atoms with Gasteiger partial charge in [0.05, 0.1) is 11.4 Å². The van der Waals surface area contributed by atoms with E-state index in [1.165, 1.54) is 16.9 Å². The Bertz CT molecular complexity index is 1060. The van der Waals surface area contributed by atoms with Crippen molar-refractivity contribution in [2.24, 2.45) is 4.99 Å². The maximum atomic E-state index is 5.08. The third-order valence-electron chi connectivity index (χ3n) is 5.61. The highest BCUT2D eigenvalue weighted by Gasteiger charge is 2.43. The van der Waals surface area contributed by atoms with Gasteiger partial charge in [-0.05, 0) is 54.8 Å². The van der Waals surface area contributed by atoms with Crippen molar-refractivity contribution in [1.29, 1.82) is 0 Å². The molecule has 0 saturated carbocycles. The van der Waals surface area contributed by atoms with Gasteiger partial charge in [-0.3, -0.25) is 4.99 Å². The number of benzene rings is 3. The minimum Gasteiger partial charge on any atom is -0.326 e. The van der Waals surface area contributed by atoms with E-state index in [4.69, 9.17) is 4.99 Å². The summed E-state index contributed by atoms with van der Waals surface area (Å²) in [5.74, 6) is 0. The highest BCUT2D eigenvalue weighted by atomic mass is 15.2. The number of aryl methyl sites for hydroxylation is 1. The second-order valence-corrected chi connectivity index (χ2v) is 7.27. The smallest absolute Gasteiger partial charge is 0.106 e. The molecular formula is C26H22N2. The molecule has 1 unspecified atom stereocenters. The normalized spacial score (nSPS) is 21.9. The lowest BCUT2D eigenvalue weighted by atomic mass is 9.77. The summed E-state index contributed by atoms with van der Waals surface area (Å²) in [6.07, 6.45) is 10.8. The summed E-state index contributed by atoms with van der Waals surface area (Å²) in [7, 11) is 0. The number of nitrogens with zero attached hydrogens (tertiary/aromatic N) is 2. The molecule has 3 aromatic carbocycles. The van der Waals surface area contributed by atoms with Crippen molar-refractivity contribution >= 4 is 22.8 Å². The van der Waals surface area contributed by atoms with E-state index in [2.05, 4.69) is 95.9 Å². The van der Waals surface area contributed by atoms with Crippen LogP contribution in [0.5, 0.6) is 0 Å². The molecule has 0 saturated heterocycles. The van der Waals surface area contributed by atoms with Crippen molar-refractivity contribution in [2.75, 3.05) is 4.90 Å². The first-order valence-corrected chi connectivity index (χ1v) is 9.80. The molecule has 1 aliphatic heterocycles. The standard InChI is InChI=1S/C26H22N2/c1-3-12-22(13-4-1)27-25-17-9-10-19-26(25)20-18-21-11-7-8-16-24(21)28(26)23-14-5-2-6-15-23/h1-17,19H,18,20H2. The summed E-state index contributed by atoms with van der Waals surface area (Å²) in [6, 6.07) is 29.7. The predicted octanol–water partition coefficient (Wildman–Crippen LogP) is 6.41. The second kappa shape index (κ2) is 6.97. The summed E-state index contributed by atoms with van der Waals surface area (Å²) in [4.78, 5) is 7.55. The molecular weight excluding hydrogens is 340 g/mol. The quantitative estimate of drug-likeness (QED) is 0.514. The van der Waals surface area contributed by atoms with E-state index in [9.17, 15) is 0 Å². The Morgan fingerprint density at radius 1 is 0.750 bits per heavy atom. The lowest BCUT2D eigenvalue weighted by Crippen LogP contribution is -2.54. The lowest BCUT2D eigenvalue weighted by molar-refractivity contribution is 0.581. The van der Waals surface area contributed by atoms with E-state index in [1.54, 1.807) is 0 Å². The molecule has 3 aromatic rings. The first kappa shape index (κ1) is 16.8. The largest absolute Gasteiger partial charge is 0.326 e. The van der Waals surface area contributed by atoms with Gasteiger partial charge in [0.15, 0.2) is 0 Å². The molecule has 0 amide bonds. The van der Waals surface area contributed by atoms with E-state index >= 15 is 0 Å². The number of rotatable bonds is 2. The lowest BCUT2D eigenvalue weighted by Gasteiger charge is -2.48. The van der Waals surface area contributed by atoms with Gasteiger partial charge in [0.25, 0.3) is 0 Å². The highest BCUT2D eigenvalue weighted by Crippen LogP contribution is 2.45. The first-order valence-electron chi connectivity index (χ1n) is 9.80. The minimum absolute atomic E-state index is 0.291. The predicted molar refractivity (Wildman–Crippen MR) is 118 cm³/mol. The van der Waals surface area contributed by atoms with Gasteiger partial charge in [0.2, 0.25) is 0 Å². The number of aliphatic imine (C=N–C) groups is 1. The molecule has 1 aliphatic carbocycles. The fourth-order valence-electron chi connectivity index (χ4n) is 4.31. The van der Waals surface area contributed by atoms with Crippen molar-refractivity contribution in [3.63, 3.8) is 0 Å². The summed E-state index contributed by atoms with van der Waals surface area (Å²) >= 11 is 0. The highest BCUT2D eigenvalue weighted by molar-refractivity contribution is 6.10. The van der Waals surface area contributed by atoms with Crippen molar-refractivity contribution in [3.8, 4) is 0 Å². The van der Waals surface area contributed by atoms with Crippen LogP contribution in [0.25, 0.3) is 0 Å². The zero-order valence-electron chi connectivity index (χ0n) is 15.7. The minimum atomic E-state index is -0.291. The van der Waals surface area contributed by atoms with Crippen LogP contribution in [0.1, 0.15) is 12.0 Å². The molecule has 0 bridgehead atoms. The molecule has 2 nitrogen and oxygen atoms in total. The van der Waals surface area contributed by atoms with Crippen LogP contribution in [0.15, 0.2) is 114 Å². The molecule has 2 aliphatic rings. The molecule has 136 valence electrons. The van der Waals surface area contributed by atoms with Crippen LogP contribution < -0.4 is 4.90 Å². The SMILES string of the molecule is C1=CC(=Nc2ccccc2)C2(C=C1)CCc1ccccc1N2c1ccccc1. The fourth-order valence-corrected chi connectivity index (χ4v) is 4.31. The molecule has 0 radical (unpaired) electrons. The first-order chi connectivity index (χ1) is 13.9. The number of allylic oxidation sites excluding steroid dienone is 2. The average Bonchev–Trinajstić information content (AvgIpc) is 2.77. The summed E-state index contributed by atoms with van der Waals surface area (Å²) < 4.78 is 0. The Labute approximate surface area is 166 Å². The molecule has 28 heavy (non-hydrogen) atoms. The van der Waals surface area contributed by atoms with Crippen molar-refractivity contribution in [2.45, 2.75) is 18.4 Å². The molecule has 1 atom stereocenters. The number of anilines is 2. The zero-order valence-corrected chi connectivity index (χ0v) is 15.7. The van der Waals surface area contributed by atoms with Crippen LogP contribution in [0.2, 0.25) is 0 Å². The number of fused-ring (bicyclic) bond motifs is 1. The maximum Gasteiger partial charge on any atom is 0.106 e. The molecule has 0 aromatic heterocycles. The van der Waals surface area contributed by atoms with E-state index in [-0.39, 0.29) is 5.54 Å². The van der Waals surface area contributed by atoms with Gasteiger partial charge in [-0.15, -0.1) is 0 Å². The average molecular weight is 362 g/mol. The topological polar surface area (TPSA) is 15.6 Å².